The summed E-state index contributed by atoms with van der Waals surface area (Å²) in [6.07, 6.45) is 0.452. The van der Waals surface area contributed by atoms with E-state index < -0.39 is 10.0 Å². The molecule has 0 aliphatic heterocycles. The van der Waals surface area contributed by atoms with Crippen LogP contribution in [0.4, 0.5) is 0 Å². The van der Waals surface area contributed by atoms with Crippen LogP contribution in [-0.4, -0.2) is 21.5 Å². The minimum absolute atomic E-state index is 0.175. The van der Waals surface area contributed by atoms with Crippen molar-refractivity contribution < 1.29 is 8.42 Å². The van der Waals surface area contributed by atoms with Gasteiger partial charge in [0.2, 0.25) is 10.0 Å². The molecule has 0 atom stereocenters. The van der Waals surface area contributed by atoms with Crippen LogP contribution >= 0.6 is 31.9 Å². The number of aryl methyl sites for hydroxylation is 1. The van der Waals surface area contributed by atoms with Gasteiger partial charge in [0.25, 0.3) is 0 Å². The quantitative estimate of drug-likeness (QED) is 0.335. The van der Waals surface area contributed by atoms with Crippen LogP contribution in [0.5, 0.6) is 0 Å². The second-order valence-corrected chi connectivity index (χ2v) is 7.18. The van der Waals surface area contributed by atoms with Gasteiger partial charge in [-0.1, -0.05) is 21.0 Å². The van der Waals surface area contributed by atoms with Gasteiger partial charge in [-0.15, -0.1) is 0 Å². The van der Waals surface area contributed by atoms with Crippen LogP contribution in [0.15, 0.2) is 31.1 Å². The van der Waals surface area contributed by atoms with Gasteiger partial charge in [-0.3, -0.25) is 0 Å². The van der Waals surface area contributed by atoms with Crippen molar-refractivity contribution in [3.8, 4) is 0 Å². The first-order chi connectivity index (χ1) is 8.88. The van der Waals surface area contributed by atoms with Crippen molar-refractivity contribution in [1.82, 2.24) is 4.72 Å². The Balaban J connectivity index is 2.83. The highest BCUT2D eigenvalue weighted by Crippen LogP contribution is 2.28. The van der Waals surface area contributed by atoms with E-state index in [9.17, 15) is 8.42 Å². The zero-order chi connectivity index (χ0) is 14.5. The summed E-state index contributed by atoms with van der Waals surface area (Å²) >= 11 is 6.55. The zero-order valence-electron chi connectivity index (χ0n) is 10.1. The summed E-state index contributed by atoms with van der Waals surface area (Å²) in [6, 6.07) is 3.29. The van der Waals surface area contributed by atoms with Crippen molar-refractivity contribution >= 4 is 41.9 Å². The van der Waals surface area contributed by atoms with E-state index in [0.717, 1.165) is 10.0 Å². The number of sulfonamides is 1. The van der Waals surface area contributed by atoms with Crippen molar-refractivity contribution in [1.29, 1.82) is 0 Å². The van der Waals surface area contributed by atoms with Gasteiger partial charge < -0.3 is 0 Å². The second-order valence-electron chi connectivity index (χ2n) is 3.74. The van der Waals surface area contributed by atoms with Gasteiger partial charge in [0.1, 0.15) is 0 Å². The third-order valence-corrected chi connectivity index (χ3v) is 5.57. The lowest BCUT2D eigenvalue weighted by atomic mass is 10.2. The minimum atomic E-state index is -3.58. The molecule has 0 aromatic heterocycles. The van der Waals surface area contributed by atoms with E-state index in [0.29, 0.717) is 10.9 Å². The maximum atomic E-state index is 12.1. The fourth-order valence-corrected chi connectivity index (χ4v) is 4.06. The molecule has 1 rings (SSSR count). The van der Waals surface area contributed by atoms with E-state index >= 15 is 0 Å². The van der Waals surface area contributed by atoms with Gasteiger partial charge in [-0.25, -0.2) is 13.1 Å². The molecule has 0 unspecified atom stereocenters. The molecule has 0 fully saturated rings. The molecule has 0 amide bonds. The number of hydrogen-bond donors (Lipinski definition) is 1. The van der Waals surface area contributed by atoms with Crippen molar-refractivity contribution in [2.45, 2.75) is 18.2 Å². The average molecular weight is 412 g/mol. The Morgan fingerprint density at radius 2 is 2.05 bits per heavy atom. The summed E-state index contributed by atoms with van der Waals surface area (Å²) in [5.74, 6) is 0. The van der Waals surface area contributed by atoms with Crippen molar-refractivity contribution in [3.63, 3.8) is 0 Å². The van der Waals surface area contributed by atoms with E-state index in [1.807, 2.05) is 6.92 Å². The molecule has 6 nitrogen and oxygen atoms in total. The van der Waals surface area contributed by atoms with Gasteiger partial charge in [0.05, 0.1) is 4.90 Å². The van der Waals surface area contributed by atoms with Crippen LogP contribution < -0.4 is 4.72 Å². The smallest absolute Gasteiger partial charge is 0.211 e. The lowest BCUT2D eigenvalue weighted by Gasteiger charge is -2.10. The number of halogens is 2. The molecule has 1 N–H and O–H groups in total. The van der Waals surface area contributed by atoms with Crippen LogP contribution in [-0.2, 0) is 10.0 Å². The molecule has 0 aliphatic carbocycles. The van der Waals surface area contributed by atoms with E-state index in [-0.39, 0.29) is 18.0 Å². The highest BCUT2D eigenvalue weighted by molar-refractivity contribution is 9.11. The standard InChI is InChI=1S/C10H12Br2N4O2S/c1-7-5-9(12)10(6-8(7)11)19(17,18)15-4-2-3-14-16-13/h5-6,15H,2-4H2,1H3. The first-order valence-corrected chi connectivity index (χ1v) is 8.41. The Hall–Kier alpha value is -0.600. The third-order valence-electron chi connectivity index (χ3n) is 2.29. The molecule has 0 saturated heterocycles. The van der Waals surface area contributed by atoms with Gasteiger partial charge in [0, 0.05) is 26.9 Å². The molecule has 104 valence electrons. The number of rotatable bonds is 6. The normalized spacial score (nSPS) is 11.1. The first kappa shape index (κ1) is 16.5. The molecule has 9 heteroatoms. The highest BCUT2D eigenvalue weighted by atomic mass is 79.9. The van der Waals surface area contributed by atoms with E-state index in [4.69, 9.17) is 5.53 Å². The Kier molecular flexibility index (Phi) is 6.28. The number of azide groups is 1. The summed E-state index contributed by atoms with van der Waals surface area (Å²) in [5, 5.41) is 3.34. The van der Waals surface area contributed by atoms with Crippen LogP contribution in [0.3, 0.4) is 0 Å². The van der Waals surface area contributed by atoms with E-state index in [1.54, 1.807) is 12.1 Å². The lowest BCUT2D eigenvalue weighted by Crippen LogP contribution is -2.25. The molecule has 0 radical (unpaired) electrons. The number of nitrogens with zero attached hydrogens (tertiary/aromatic N) is 3. The van der Waals surface area contributed by atoms with Crippen LogP contribution in [0.2, 0.25) is 0 Å². The van der Waals surface area contributed by atoms with Crippen LogP contribution in [0, 0.1) is 6.92 Å². The molecule has 1 aromatic rings. The van der Waals surface area contributed by atoms with Crippen molar-refractivity contribution in [2.24, 2.45) is 5.11 Å². The molecule has 0 spiro atoms. The molecular formula is C10H12Br2N4O2S. The summed E-state index contributed by atoms with van der Waals surface area (Å²) in [5.41, 5.74) is 9.04. The van der Waals surface area contributed by atoms with Gasteiger partial charge in [-0.2, -0.15) is 0 Å². The number of benzene rings is 1. The molecule has 0 bridgehead atoms. The Bertz CT molecular complexity index is 612. The van der Waals surface area contributed by atoms with Crippen LogP contribution in [0.1, 0.15) is 12.0 Å². The Labute approximate surface area is 128 Å². The monoisotopic (exact) mass is 410 g/mol. The lowest BCUT2D eigenvalue weighted by molar-refractivity contribution is 0.579. The van der Waals surface area contributed by atoms with Crippen LogP contribution in [0.25, 0.3) is 10.4 Å². The zero-order valence-corrected chi connectivity index (χ0v) is 14.1. The predicted octanol–water partition coefficient (Wildman–Crippen LogP) is 3.50. The van der Waals surface area contributed by atoms with Gasteiger partial charge >= 0.3 is 0 Å². The van der Waals surface area contributed by atoms with Gasteiger partial charge in [-0.05, 0) is 52.5 Å². The second kappa shape index (κ2) is 7.25. The predicted molar refractivity (Wildman–Crippen MR) is 80.4 cm³/mol. The largest absolute Gasteiger partial charge is 0.241 e. The summed E-state index contributed by atoms with van der Waals surface area (Å²) < 4.78 is 27.9. The Morgan fingerprint density at radius 3 is 2.68 bits per heavy atom. The minimum Gasteiger partial charge on any atom is -0.211 e. The molecule has 0 saturated carbocycles. The van der Waals surface area contributed by atoms with Crippen molar-refractivity contribution in [2.75, 3.05) is 13.1 Å². The fourth-order valence-electron chi connectivity index (χ4n) is 1.31. The van der Waals surface area contributed by atoms with Crippen molar-refractivity contribution in [3.05, 3.63) is 37.1 Å². The SMILES string of the molecule is Cc1cc(Br)c(S(=O)(=O)NCCCN=[N+]=[N-])cc1Br. The maximum Gasteiger partial charge on any atom is 0.241 e. The molecule has 1 aromatic carbocycles. The first-order valence-electron chi connectivity index (χ1n) is 5.34. The average Bonchev–Trinajstić information content (AvgIpc) is 2.33. The number of nitrogens with one attached hydrogen (secondary N) is 1. The third kappa shape index (κ3) is 4.77. The summed E-state index contributed by atoms with van der Waals surface area (Å²) in [7, 11) is -3.58. The number of hydrogen-bond acceptors (Lipinski definition) is 3. The topological polar surface area (TPSA) is 94.9 Å². The van der Waals surface area contributed by atoms with E-state index in [1.165, 1.54) is 0 Å². The molecule has 19 heavy (non-hydrogen) atoms. The molecule has 0 heterocycles. The fraction of sp³-hybridized carbons (Fsp3) is 0.400. The highest BCUT2D eigenvalue weighted by Gasteiger charge is 2.18. The Morgan fingerprint density at radius 1 is 1.37 bits per heavy atom. The van der Waals surface area contributed by atoms with E-state index in [2.05, 4.69) is 46.6 Å². The molecule has 0 aliphatic rings. The van der Waals surface area contributed by atoms with Gasteiger partial charge in [0.15, 0.2) is 0 Å². The molecular weight excluding hydrogens is 400 g/mol. The summed E-state index contributed by atoms with van der Waals surface area (Å²) in [4.78, 5) is 2.77. The maximum absolute atomic E-state index is 12.1. The summed E-state index contributed by atoms with van der Waals surface area (Å²) in [6.45, 7) is 2.36.